The summed E-state index contributed by atoms with van der Waals surface area (Å²) in [6.07, 6.45) is 4.50. The van der Waals surface area contributed by atoms with E-state index < -0.39 is 0 Å². The Balaban J connectivity index is 2.35. The van der Waals surface area contributed by atoms with E-state index in [1.807, 2.05) is 0 Å². The van der Waals surface area contributed by atoms with Crippen LogP contribution in [-0.2, 0) is 4.84 Å². The second kappa shape index (κ2) is 1.78. The molecule has 0 N–H and O–H groups in total. The number of hydrogen-bond acceptors (Lipinski definition) is 2. The fourth-order valence-electron chi connectivity index (χ4n) is 0.450. The molecule has 0 aliphatic carbocycles. The lowest BCUT2D eigenvalue weighted by Crippen LogP contribution is -1.97. The zero-order valence-corrected chi connectivity index (χ0v) is 4.00. The van der Waals surface area contributed by atoms with Crippen molar-refractivity contribution in [1.82, 2.24) is 0 Å². The van der Waals surface area contributed by atoms with Gasteiger partial charge in [-0.15, -0.1) is 0 Å². The van der Waals surface area contributed by atoms with Crippen molar-refractivity contribution in [2.24, 2.45) is 5.16 Å². The van der Waals surface area contributed by atoms with E-state index in [0.29, 0.717) is 0 Å². The SMILES string of the molecule is C=CC1CC=NO1. The van der Waals surface area contributed by atoms with Crippen LogP contribution < -0.4 is 0 Å². The first-order valence-corrected chi connectivity index (χ1v) is 2.23. The van der Waals surface area contributed by atoms with Crippen LogP contribution in [0.1, 0.15) is 6.42 Å². The molecule has 2 nitrogen and oxygen atoms in total. The van der Waals surface area contributed by atoms with Gasteiger partial charge in [0.05, 0.1) is 0 Å². The van der Waals surface area contributed by atoms with Gasteiger partial charge in [-0.2, -0.15) is 0 Å². The Kier molecular flexibility index (Phi) is 1.11. The maximum atomic E-state index is 4.75. The van der Waals surface area contributed by atoms with Gasteiger partial charge in [-0.1, -0.05) is 11.7 Å². The molecule has 38 valence electrons. The van der Waals surface area contributed by atoms with Crippen LogP contribution >= 0.6 is 0 Å². The second-order valence-electron chi connectivity index (χ2n) is 1.40. The molecule has 0 saturated carbocycles. The van der Waals surface area contributed by atoms with Crippen LogP contribution in [0.25, 0.3) is 0 Å². The van der Waals surface area contributed by atoms with Crippen molar-refractivity contribution in [2.45, 2.75) is 12.5 Å². The molecule has 0 saturated heterocycles. The third-order valence-electron chi connectivity index (χ3n) is 0.871. The highest BCUT2D eigenvalue weighted by Crippen LogP contribution is 2.03. The van der Waals surface area contributed by atoms with Crippen LogP contribution in [0.15, 0.2) is 17.8 Å². The molecule has 0 aromatic carbocycles. The molecule has 2 heteroatoms. The minimum atomic E-state index is 0.139. The van der Waals surface area contributed by atoms with Crippen molar-refractivity contribution in [3.8, 4) is 0 Å². The summed E-state index contributed by atoms with van der Waals surface area (Å²) in [7, 11) is 0. The van der Waals surface area contributed by atoms with E-state index in [0.717, 1.165) is 6.42 Å². The topological polar surface area (TPSA) is 21.6 Å². The van der Waals surface area contributed by atoms with Gasteiger partial charge in [0.25, 0.3) is 0 Å². The van der Waals surface area contributed by atoms with E-state index in [-0.39, 0.29) is 6.10 Å². The molecule has 1 rings (SSSR count). The molecule has 0 spiro atoms. The number of nitrogens with zero attached hydrogens (tertiary/aromatic N) is 1. The van der Waals surface area contributed by atoms with Gasteiger partial charge in [-0.3, -0.25) is 0 Å². The van der Waals surface area contributed by atoms with E-state index in [1.165, 1.54) is 0 Å². The van der Waals surface area contributed by atoms with Crippen LogP contribution in [0, 0.1) is 0 Å². The van der Waals surface area contributed by atoms with Crippen molar-refractivity contribution < 1.29 is 4.84 Å². The van der Waals surface area contributed by atoms with Gasteiger partial charge in [0, 0.05) is 12.6 Å². The van der Waals surface area contributed by atoms with E-state index in [1.54, 1.807) is 12.3 Å². The first kappa shape index (κ1) is 4.37. The Labute approximate surface area is 42.5 Å². The minimum absolute atomic E-state index is 0.139. The lowest BCUT2D eigenvalue weighted by Gasteiger charge is -1.95. The van der Waals surface area contributed by atoms with E-state index in [2.05, 4.69) is 11.7 Å². The summed E-state index contributed by atoms with van der Waals surface area (Å²) in [6, 6.07) is 0. The molecule has 1 atom stereocenters. The Bertz CT molecular complexity index is 90.3. The van der Waals surface area contributed by atoms with Gasteiger partial charge in [0.15, 0.2) is 0 Å². The van der Waals surface area contributed by atoms with E-state index in [9.17, 15) is 0 Å². The molecule has 0 bridgehead atoms. The van der Waals surface area contributed by atoms with Gasteiger partial charge in [-0.25, -0.2) is 0 Å². The van der Waals surface area contributed by atoms with Crippen molar-refractivity contribution in [3.05, 3.63) is 12.7 Å². The van der Waals surface area contributed by atoms with Gasteiger partial charge in [0.1, 0.15) is 6.10 Å². The van der Waals surface area contributed by atoms with Crippen LogP contribution in [-0.4, -0.2) is 12.3 Å². The van der Waals surface area contributed by atoms with Gasteiger partial charge in [-0.05, 0) is 6.08 Å². The first-order chi connectivity index (χ1) is 3.43. The predicted octanol–water partition coefficient (Wildman–Crippen LogP) is 0.947. The lowest BCUT2D eigenvalue weighted by atomic mass is 10.3. The normalized spacial score (nSPS) is 27.1. The molecule has 1 unspecified atom stereocenters. The lowest BCUT2D eigenvalue weighted by molar-refractivity contribution is 0.120. The number of rotatable bonds is 1. The fraction of sp³-hybridized carbons (Fsp3) is 0.400. The molecule has 1 heterocycles. The average molecular weight is 97.1 g/mol. The van der Waals surface area contributed by atoms with Crippen molar-refractivity contribution in [1.29, 1.82) is 0 Å². The number of oxime groups is 1. The van der Waals surface area contributed by atoms with Crippen molar-refractivity contribution in [3.63, 3.8) is 0 Å². The Hall–Kier alpha value is -0.790. The first-order valence-electron chi connectivity index (χ1n) is 2.23. The Morgan fingerprint density at radius 2 is 2.86 bits per heavy atom. The Morgan fingerprint density at radius 3 is 3.14 bits per heavy atom. The Morgan fingerprint density at radius 1 is 2.00 bits per heavy atom. The molecule has 0 aromatic rings. The average Bonchev–Trinajstić information content (AvgIpc) is 2.14. The zero-order valence-electron chi connectivity index (χ0n) is 4.00. The summed E-state index contributed by atoms with van der Waals surface area (Å²) in [5, 5.41) is 3.54. The molecule has 7 heavy (non-hydrogen) atoms. The zero-order chi connectivity index (χ0) is 5.11. The maximum Gasteiger partial charge on any atom is 0.150 e. The number of hydrogen-bond donors (Lipinski definition) is 0. The van der Waals surface area contributed by atoms with Gasteiger partial charge < -0.3 is 4.84 Å². The molecular formula is C5H7NO. The predicted molar refractivity (Wildman–Crippen MR) is 28.2 cm³/mol. The van der Waals surface area contributed by atoms with Crippen LogP contribution in [0.2, 0.25) is 0 Å². The molecule has 0 fully saturated rings. The highest BCUT2D eigenvalue weighted by atomic mass is 16.6. The second-order valence-corrected chi connectivity index (χ2v) is 1.40. The fourth-order valence-corrected chi connectivity index (χ4v) is 0.450. The quantitative estimate of drug-likeness (QED) is 0.446. The molecule has 1 aliphatic rings. The highest BCUT2D eigenvalue weighted by Gasteiger charge is 2.05. The third kappa shape index (κ3) is 0.796. The summed E-state index contributed by atoms with van der Waals surface area (Å²) in [6.45, 7) is 3.54. The van der Waals surface area contributed by atoms with E-state index >= 15 is 0 Å². The van der Waals surface area contributed by atoms with Crippen LogP contribution in [0.4, 0.5) is 0 Å². The van der Waals surface area contributed by atoms with Crippen LogP contribution in [0.3, 0.4) is 0 Å². The van der Waals surface area contributed by atoms with Gasteiger partial charge >= 0.3 is 0 Å². The minimum Gasteiger partial charge on any atom is -0.388 e. The summed E-state index contributed by atoms with van der Waals surface area (Å²) < 4.78 is 0. The highest BCUT2D eigenvalue weighted by molar-refractivity contribution is 5.59. The van der Waals surface area contributed by atoms with Gasteiger partial charge in [0.2, 0.25) is 0 Å². The summed E-state index contributed by atoms with van der Waals surface area (Å²) >= 11 is 0. The van der Waals surface area contributed by atoms with Crippen molar-refractivity contribution >= 4 is 6.21 Å². The monoisotopic (exact) mass is 97.1 g/mol. The molecular weight excluding hydrogens is 90.1 g/mol. The van der Waals surface area contributed by atoms with Crippen molar-refractivity contribution in [2.75, 3.05) is 0 Å². The summed E-state index contributed by atoms with van der Waals surface area (Å²) in [4.78, 5) is 4.75. The molecule has 0 radical (unpaired) electrons. The maximum absolute atomic E-state index is 4.75. The van der Waals surface area contributed by atoms with E-state index in [4.69, 9.17) is 4.84 Å². The largest absolute Gasteiger partial charge is 0.388 e. The third-order valence-corrected chi connectivity index (χ3v) is 0.871. The standard InChI is InChI=1S/C5H7NO/c1-2-5-3-4-6-7-5/h2,4-5H,1,3H2. The summed E-state index contributed by atoms with van der Waals surface area (Å²) in [5.74, 6) is 0. The summed E-state index contributed by atoms with van der Waals surface area (Å²) in [5.41, 5.74) is 0. The smallest absolute Gasteiger partial charge is 0.150 e. The molecule has 0 aromatic heterocycles. The molecule has 1 aliphatic heterocycles. The van der Waals surface area contributed by atoms with Crippen LogP contribution in [0.5, 0.6) is 0 Å². The molecule has 0 amide bonds.